The van der Waals surface area contributed by atoms with Crippen molar-refractivity contribution in [1.82, 2.24) is 0 Å². The van der Waals surface area contributed by atoms with Gasteiger partial charge in [0.1, 0.15) is 0 Å². The fourth-order valence-corrected chi connectivity index (χ4v) is 0. The summed E-state index contributed by atoms with van der Waals surface area (Å²) >= 11 is 0. The van der Waals surface area contributed by atoms with Crippen LogP contribution >= 0.6 is 7.82 Å². The molecule has 0 aliphatic rings. The van der Waals surface area contributed by atoms with Gasteiger partial charge < -0.3 is 16.1 Å². The monoisotopic (exact) mass is 181 g/mol. The van der Waals surface area contributed by atoms with Gasteiger partial charge in [-0.1, -0.05) is 0 Å². The third-order valence-corrected chi connectivity index (χ3v) is 0. The Bertz CT molecular complexity index is 66.7. The van der Waals surface area contributed by atoms with Gasteiger partial charge in [0, 0.05) is 17.1 Å². The normalized spacial score (nSPS) is 7.38. The molecular weight excluding hydrogens is 176 g/mol. The van der Waals surface area contributed by atoms with E-state index in [-0.39, 0.29) is 42.1 Å². The molecule has 0 heterocycles. The Morgan fingerprint density at radius 2 is 1.25 bits per heavy atom. The van der Waals surface area contributed by atoms with Crippen LogP contribution in [0.15, 0.2) is 0 Å². The summed E-state index contributed by atoms with van der Waals surface area (Å²) < 4.78 is 8.88. The standard InChI is InChI=1S/FH.Li.Mn.H3O4P.H/c;;;1-5(2,3)4;/h1H;;;(H3,1,2,3,4);/q;+1;;;-1. The van der Waals surface area contributed by atoms with Gasteiger partial charge in [0.05, 0.1) is 0 Å². The van der Waals surface area contributed by atoms with E-state index in [1.807, 2.05) is 0 Å². The van der Waals surface area contributed by atoms with Gasteiger partial charge in [0.15, 0.2) is 0 Å². The van der Waals surface area contributed by atoms with E-state index in [1.54, 1.807) is 0 Å². The average molecular weight is 181 g/mol. The molecule has 49 valence electrons. The SMILES string of the molecule is F.O=P(O)(O)O.[H-].[Li+].[Mn]. The van der Waals surface area contributed by atoms with Crippen LogP contribution in [0.1, 0.15) is 1.43 Å². The smallest absolute Gasteiger partial charge is 1.00 e. The molecule has 8 heavy (non-hydrogen) atoms. The minimum Gasteiger partial charge on any atom is -1.00 e. The maximum atomic E-state index is 8.88. The molecule has 3 N–H and O–H groups in total. The van der Waals surface area contributed by atoms with Crippen molar-refractivity contribution in [2.45, 2.75) is 0 Å². The van der Waals surface area contributed by atoms with Crippen LogP contribution in [0.5, 0.6) is 0 Å². The second kappa shape index (κ2) is 8.16. The molecular formula is H5FLiMnO4P. The van der Waals surface area contributed by atoms with E-state index in [0.29, 0.717) is 0 Å². The van der Waals surface area contributed by atoms with Crippen molar-refractivity contribution in [3.8, 4) is 0 Å². The molecule has 0 aromatic carbocycles. The van der Waals surface area contributed by atoms with Crippen LogP contribution in [-0.4, -0.2) is 14.7 Å². The van der Waals surface area contributed by atoms with E-state index in [9.17, 15) is 0 Å². The van der Waals surface area contributed by atoms with E-state index in [1.165, 1.54) is 0 Å². The van der Waals surface area contributed by atoms with Crippen LogP contribution in [0.3, 0.4) is 0 Å². The summed E-state index contributed by atoms with van der Waals surface area (Å²) in [5, 5.41) is 0. The first kappa shape index (κ1) is 22.9. The van der Waals surface area contributed by atoms with Crippen molar-refractivity contribution in [1.29, 1.82) is 0 Å². The Hall–Kier alpha value is 1.16. The molecule has 0 fully saturated rings. The van der Waals surface area contributed by atoms with Gasteiger partial charge in [-0.3, -0.25) is 4.70 Å². The molecule has 1 radical (unpaired) electrons. The summed E-state index contributed by atoms with van der Waals surface area (Å²) in [6.45, 7) is 0. The van der Waals surface area contributed by atoms with E-state index in [0.717, 1.165) is 0 Å². The molecule has 0 saturated carbocycles. The molecule has 0 bridgehead atoms. The number of halogens is 1. The Morgan fingerprint density at radius 3 is 1.25 bits per heavy atom. The zero-order valence-corrected chi connectivity index (χ0v) is 6.06. The number of rotatable bonds is 0. The Morgan fingerprint density at radius 1 is 1.25 bits per heavy atom. The van der Waals surface area contributed by atoms with Crippen LogP contribution < -0.4 is 18.9 Å². The van der Waals surface area contributed by atoms with Crippen molar-refractivity contribution in [3.05, 3.63) is 0 Å². The van der Waals surface area contributed by atoms with E-state index >= 15 is 0 Å². The first-order chi connectivity index (χ1) is 2.00. The van der Waals surface area contributed by atoms with E-state index in [4.69, 9.17) is 19.2 Å². The van der Waals surface area contributed by atoms with E-state index < -0.39 is 7.82 Å². The molecule has 0 rings (SSSR count). The Balaban J connectivity index is -0.0000000133. The van der Waals surface area contributed by atoms with Gasteiger partial charge >= 0.3 is 26.7 Å². The molecule has 0 saturated heterocycles. The molecule has 0 atom stereocenters. The quantitative estimate of drug-likeness (QED) is 0.266. The average Bonchev–Trinajstić information content (AvgIpc) is 0.722. The summed E-state index contributed by atoms with van der Waals surface area (Å²) in [5.74, 6) is 0. The van der Waals surface area contributed by atoms with E-state index in [2.05, 4.69) is 0 Å². The van der Waals surface area contributed by atoms with Gasteiger partial charge in [-0.15, -0.1) is 0 Å². The summed E-state index contributed by atoms with van der Waals surface area (Å²) in [4.78, 5) is 21.6. The van der Waals surface area contributed by atoms with Crippen molar-refractivity contribution in [2.24, 2.45) is 0 Å². The molecule has 0 unspecified atom stereocenters. The minimum absolute atomic E-state index is 0. The Kier molecular flexibility index (Phi) is 23.4. The number of phosphoric acid groups is 1. The van der Waals surface area contributed by atoms with Gasteiger partial charge in [-0.05, 0) is 0 Å². The maximum absolute atomic E-state index is 8.88. The zero-order chi connectivity index (χ0) is 4.50. The van der Waals surface area contributed by atoms with Crippen molar-refractivity contribution in [3.63, 3.8) is 0 Å². The third kappa shape index (κ3) is 203. The zero-order valence-electron chi connectivity index (χ0n) is 4.98. The second-order valence-electron chi connectivity index (χ2n) is 0.513. The van der Waals surface area contributed by atoms with Gasteiger partial charge in [0.2, 0.25) is 0 Å². The van der Waals surface area contributed by atoms with Gasteiger partial charge in [-0.25, -0.2) is 4.57 Å². The molecule has 0 aliphatic carbocycles. The second-order valence-corrected chi connectivity index (χ2v) is 1.54. The fraction of sp³-hybridized carbons (Fsp3) is 0. The van der Waals surface area contributed by atoms with Crippen LogP contribution in [0.2, 0.25) is 0 Å². The molecule has 0 aromatic heterocycles. The van der Waals surface area contributed by atoms with Crippen LogP contribution in [-0.2, 0) is 21.6 Å². The number of hydrogen-bond acceptors (Lipinski definition) is 1. The van der Waals surface area contributed by atoms with Crippen LogP contribution in [0.4, 0.5) is 4.70 Å². The summed E-state index contributed by atoms with van der Waals surface area (Å²) in [5.41, 5.74) is 0. The molecule has 0 spiro atoms. The number of hydrogen-bond donors (Lipinski definition) is 3. The first-order valence-corrected chi connectivity index (χ1v) is 2.35. The van der Waals surface area contributed by atoms with Crippen molar-refractivity contribution >= 4 is 7.82 Å². The Labute approximate surface area is 69.4 Å². The molecule has 0 aromatic rings. The summed E-state index contributed by atoms with van der Waals surface area (Å²) in [6, 6.07) is 0. The molecule has 4 nitrogen and oxygen atoms in total. The fourth-order valence-electron chi connectivity index (χ4n) is 0. The first-order valence-electron chi connectivity index (χ1n) is 0.783. The van der Waals surface area contributed by atoms with Gasteiger partial charge in [-0.2, -0.15) is 0 Å². The largest absolute Gasteiger partial charge is 1.00 e. The summed E-state index contributed by atoms with van der Waals surface area (Å²) in [7, 11) is -4.64. The van der Waals surface area contributed by atoms with Crippen molar-refractivity contribution in [2.75, 3.05) is 0 Å². The predicted molar refractivity (Wildman–Crippen MR) is 17.9 cm³/mol. The molecule has 0 amide bonds. The van der Waals surface area contributed by atoms with Crippen molar-refractivity contribution < 1.29 is 61.3 Å². The topological polar surface area (TPSA) is 77.8 Å². The van der Waals surface area contributed by atoms with Crippen LogP contribution in [0, 0.1) is 0 Å². The third-order valence-electron chi connectivity index (χ3n) is 0. The molecule has 0 aliphatic heterocycles. The maximum Gasteiger partial charge on any atom is 1.00 e. The van der Waals surface area contributed by atoms with Gasteiger partial charge in [0.25, 0.3) is 0 Å². The summed E-state index contributed by atoms with van der Waals surface area (Å²) in [6.07, 6.45) is 0. The molecule has 8 heteroatoms. The van der Waals surface area contributed by atoms with Crippen LogP contribution in [0.25, 0.3) is 0 Å². The minimum atomic E-state index is -4.64. The predicted octanol–water partition coefficient (Wildman–Crippen LogP) is -3.66.